The number of nitrogens with two attached hydrogens (primary N) is 1. The van der Waals surface area contributed by atoms with Crippen molar-refractivity contribution in [2.24, 2.45) is 10.8 Å². The van der Waals surface area contributed by atoms with Crippen molar-refractivity contribution in [3.63, 3.8) is 0 Å². The van der Waals surface area contributed by atoms with Gasteiger partial charge >= 0.3 is 0 Å². The van der Waals surface area contributed by atoms with Crippen LogP contribution in [0.4, 0.5) is 5.69 Å². The normalized spacial score (nSPS) is 19.0. The Hall–Kier alpha value is -1.93. The van der Waals surface area contributed by atoms with Crippen molar-refractivity contribution in [2.75, 3.05) is 44.3 Å². The Bertz CT molecular complexity index is 581. The van der Waals surface area contributed by atoms with E-state index in [1.54, 1.807) is 6.20 Å². The molecule has 0 aromatic carbocycles. The molecule has 3 rings (SSSR count). The molecule has 0 spiro atoms. The number of anilines is 1. The van der Waals surface area contributed by atoms with Crippen LogP contribution >= 0.6 is 12.2 Å². The molecule has 1 aromatic heterocycles. The Morgan fingerprint density at radius 1 is 1.26 bits per heavy atom. The van der Waals surface area contributed by atoms with Gasteiger partial charge in [-0.25, -0.2) is 0 Å². The SMILES string of the molecule is NC(=NNC(=S)N1CCCC1)c1cc(N2CCOCC2)ccn1. The van der Waals surface area contributed by atoms with Crippen LogP contribution in [0.2, 0.25) is 0 Å². The van der Waals surface area contributed by atoms with Crippen LogP contribution in [0.5, 0.6) is 0 Å². The van der Waals surface area contributed by atoms with Gasteiger partial charge in [0.2, 0.25) is 0 Å². The molecule has 7 nitrogen and oxygen atoms in total. The maximum Gasteiger partial charge on any atom is 0.189 e. The third-order valence-corrected chi connectivity index (χ3v) is 4.40. The average molecular weight is 334 g/mol. The third kappa shape index (κ3) is 4.08. The van der Waals surface area contributed by atoms with Crippen LogP contribution in [-0.2, 0) is 4.74 Å². The highest BCUT2D eigenvalue weighted by molar-refractivity contribution is 7.80. The highest BCUT2D eigenvalue weighted by Crippen LogP contribution is 2.16. The summed E-state index contributed by atoms with van der Waals surface area (Å²) >= 11 is 5.32. The summed E-state index contributed by atoms with van der Waals surface area (Å²) in [6, 6.07) is 3.93. The molecule has 2 saturated heterocycles. The average Bonchev–Trinajstić information content (AvgIpc) is 3.15. The molecule has 0 radical (unpaired) electrons. The van der Waals surface area contributed by atoms with E-state index in [0.717, 1.165) is 45.1 Å². The summed E-state index contributed by atoms with van der Waals surface area (Å²) in [5.41, 5.74) is 10.6. The van der Waals surface area contributed by atoms with Gasteiger partial charge in [-0.3, -0.25) is 10.4 Å². The zero-order valence-corrected chi connectivity index (χ0v) is 13.9. The molecule has 0 amide bonds. The number of amidine groups is 1. The Morgan fingerprint density at radius 2 is 2.00 bits per heavy atom. The van der Waals surface area contributed by atoms with Gasteiger partial charge in [-0.15, -0.1) is 0 Å². The van der Waals surface area contributed by atoms with Crippen molar-refractivity contribution < 1.29 is 4.74 Å². The second kappa shape index (κ2) is 7.56. The molecule has 0 saturated carbocycles. The van der Waals surface area contributed by atoms with Crippen LogP contribution in [0, 0.1) is 0 Å². The number of hydrogen-bond donors (Lipinski definition) is 2. The molecule has 0 aliphatic carbocycles. The minimum absolute atomic E-state index is 0.335. The number of pyridine rings is 1. The van der Waals surface area contributed by atoms with E-state index in [1.807, 2.05) is 12.1 Å². The number of hydrogen-bond acceptors (Lipinski definition) is 5. The van der Waals surface area contributed by atoms with Crippen LogP contribution in [0.15, 0.2) is 23.4 Å². The third-order valence-electron chi connectivity index (χ3n) is 4.05. The maximum absolute atomic E-state index is 6.04. The molecule has 23 heavy (non-hydrogen) atoms. The largest absolute Gasteiger partial charge is 0.380 e. The molecule has 0 bridgehead atoms. The first-order valence-electron chi connectivity index (χ1n) is 7.91. The summed E-state index contributed by atoms with van der Waals surface area (Å²) in [6.07, 6.45) is 4.09. The Balaban J connectivity index is 1.65. The summed E-state index contributed by atoms with van der Waals surface area (Å²) in [4.78, 5) is 8.65. The molecule has 2 aliphatic rings. The Labute approximate surface area is 141 Å². The molecule has 0 atom stereocenters. The van der Waals surface area contributed by atoms with Crippen molar-refractivity contribution in [1.82, 2.24) is 15.3 Å². The van der Waals surface area contributed by atoms with E-state index in [1.165, 1.54) is 12.8 Å². The molecular weight excluding hydrogens is 312 g/mol. The monoisotopic (exact) mass is 334 g/mol. The summed E-state index contributed by atoms with van der Waals surface area (Å²) in [5, 5.41) is 4.80. The quantitative estimate of drug-likeness (QED) is 0.361. The highest BCUT2D eigenvalue weighted by Gasteiger charge is 2.15. The second-order valence-electron chi connectivity index (χ2n) is 5.61. The molecular formula is C15H22N6OS. The Morgan fingerprint density at radius 3 is 2.74 bits per heavy atom. The van der Waals surface area contributed by atoms with Gasteiger partial charge in [0.25, 0.3) is 0 Å². The second-order valence-corrected chi connectivity index (χ2v) is 5.99. The molecule has 3 heterocycles. The number of rotatable bonds is 3. The lowest BCUT2D eigenvalue weighted by molar-refractivity contribution is 0.122. The van der Waals surface area contributed by atoms with Crippen molar-refractivity contribution >= 4 is 28.9 Å². The predicted molar refractivity (Wildman–Crippen MR) is 94.5 cm³/mol. The lowest BCUT2D eigenvalue weighted by atomic mass is 10.2. The van der Waals surface area contributed by atoms with E-state index >= 15 is 0 Å². The zero-order chi connectivity index (χ0) is 16.1. The van der Waals surface area contributed by atoms with Crippen molar-refractivity contribution in [2.45, 2.75) is 12.8 Å². The van der Waals surface area contributed by atoms with E-state index in [-0.39, 0.29) is 0 Å². The fraction of sp³-hybridized carbons (Fsp3) is 0.533. The van der Waals surface area contributed by atoms with Crippen LogP contribution in [0.25, 0.3) is 0 Å². The minimum Gasteiger partial charge on any atom is -0.380 e. The minimum atomic E-state index is 0.335. The number of aromatic nitrogens is 1. The number of likely N-dealkylation sites (tertiary alicyclic amines) is 1. The van der Waals surface area contributed by atoms with Crippen molar-refractivity contribution in [3.05, 3.63) is 24.0 Å². The molecule has 0 unspecified atom stereocenters. The summed E-state index contributed by atoms with van der Waals surface area (Å²) in [5.74, 6) is 0.335. The zero-order valence-electron chi connectivity index (χ0n) is 13.1. The molecule has 3 N–H and O–H groups in total. The summed E-state index contributed by atoms with van der Waals surface area (Å²) in [6.45, 7) is 5.19. The first-order valence-corrected chi connectivity index (χ1v) is 8.32. The molecule has 2 aliphatic heterocycles. The summed E-state index contributed by atoms with van der Waals surface area (Å²) < 4.78 is 5.38. The number of morpholine rings is 1. The van der Waals surface area contributed by atoms with Gasteiger partial charge in [0.05, 0.1) is 13.2 Å². The first kappa shape index (κ1) is 15.9. The molecule has 8 heteroatoms. The lowest BCUT2D eigenvalue weighted by Gasteiger charge is -2.28. The van der Waals surface area contributed by atoms with Crippen molar-refractivity contribution in [3.8, 4) is 0 Å². The van der Waals surface area contributed by atoms with E-state index in [2.05, 4.69) is 25.3 Å². The van der Waals surface area contributed by atoms with Crippen LogP contribution in [-0.4, -0.2) is 60.2 Å². The topological polar surface area (TPSA) is 79.0 Å². The number of thiocarbonyl (C=S) groups is 1. The number of nitrogens with zero attached hydrogens (tertiary/aromatic N) is 4. The van der Waals surface area contributed by atoms with Gasteiger partial charge in [-0.1, -0.05) is 0 Å². The van der Waals surface area contributed by atoms with Gasteiger partial charge in [-0.2, -0.15) is 5.10 Å². The predicted octanol–water partition coefficient (Wildman–Crippen LogP) is 0.509. The standard InChI is InChI=1S/C15H22N6OS/c16-14(18-19-15(23)21-5-1-2-6-21)13-11-12(3-4-17-13)20-7-9-22-10-8-20/h3-4,11H,1-2,5-10H2,(H2,16,18)(H,19,23). The van der Waals surface area contributed by atoms with Crippen LogP contribution in [0.1, 0.15) is 18.5 Å². The Kier molecular flexibility index (Phi) is 5.24. The number of ether oxygens (including phenoxy) is 1. The van der Waals surface area contributed by atoms with Crippen LogP contribution < -0.4 is 16.1 Å². The molecule has 1 aromatic rings. The first-order chi connectivity index (χ1) is 11.2. The van der Waals surface area contributed by atoms with E-state index in [4.69, 9.17) is 22.7 Å². The van der Waals surface area contributed by atoms with Gasteiger partial charge in [0, 0.05) is 38.1 Å². The summed E-state index contributed by atoms with van der Waals surface area (Å²) in [7, 11) is 0. The molecule has 2 fully saturated rings. The van der Waals surface area contributed by atoms with E-state index < -0.39 is 0 Å². The van der Waals surface area contributed by atoms with Crippen molar-refractivity contribution in [1.29, 1.82) is 0 Å². The van der Waals surface area contributed by atoms with E-state index in [0.29, 0.717) is 16.6 Å². The highest BCUT2D eigenvalue weighted by atomic mass is 32.1. The van der Waals surface area contributed by atoms with E-state index in [9.17, 15) is 0 Å². The van der Waals surface area contributed by atoms with Gasteiger partial charge in [0.15, 0.2) is 10.9 Å². The lowest BCUT2D eigenvalue weighted by Crippen LogP contribution is -2.37. The van der Waals surface area contributed by atoms with Gasteiger partial charge in [-0.05, 0) is 37.2 Å². The van der Waals surface area contributed by atoms with Gasteiger partial charge in [0.1, 0.15) is 5.69 Å². The van der Waals surface area contributed by atoms with Gasteiger partial charge < -0.3 is 20.3 Å². The fourth-order valence-corrected chi connectivity index (χ4v) is 2.96. The van der Waals surface area contributed by atoms with Crippen LogP contribution in [0.3, 0.4) is 0 Å². The fourth-order valence-electron chi connectivity index (χ4n) is 2.73. The number of hydrazone groups is 1. The molecule has 124 valence electrons. The number of nitrogens with one attached hydrogen (secondary N) is 1. The smallest absolute Gasteiger partial charge is 0.189 e. The maximum atomic E-state index is 6.04.